The van der Waals surface area contributed by atoms with Gasteiger partial charge >= 0.3 is 0 Å². The largest absolute Gasteiger partial charge is 0.493 e. The highest BCUT2D eigenvalue weighted by Crippen LogP contribution is 2.32. The molecule has 5 rings (SSSR count). The van der Waals surface area contributed by atoms with Crippen molar-refractivity contribution in [1.29, 1.82) is 0 Å². The maximum Gasteiger partial charge on any atom is 0.258 e. The average Bonchev–Trinajstić information content (AvgIpc) is 3.45. The zero-order valence-electron chi connectivity index (χ0n) is 16.9. The van der Waals surface area contributed by atoms with Gasteiger partial charge in [-0.25, -0.2) is 4.98 Å². The van der Waals surface area contributed by atoms with Crippen LogP contribution in [0, 0.1) is 0 Å². The molecule has 1 amide bonds. The van der Waals surface area contributed by atoms with Gasteiger partial charge < -0.3 is 9.30 Å². The van der Waals surface area contributed by atoms with Gasteiger partial charge in [0.25, 0.3) is 11.5 Å². The minimum Gasteiger partial charge on any atom is -0.493 e. The number of rotatable bonds is 5. The molecule has 3 heterocycles. The van der Waals surface area contributed by atoms with Crippen LogP contribution in [0.15, 0.2) is 71.0 Å². The third-order valence-electron chi connectivity index (χ3n) is 5.25. The van der Waals surface area contributed by atoms with Crippen LogP contribution in [0.5, 0.6) is 5.75 Å². The average molecular weight is 464 g/mol. The standard InChI is InChI=1S/C24H18ClN3O3S/c25-19-4-2-1-3-17(19)12-28-13-18(6-8-22(28)29)23(30)27-24-26-20(14-32-24)15-5-7-21-16(11-15)9-10-31-21/h1-8,11,13-14H,9-10,12H2,(H,26,27,30). The molecule has 1 aliphatic heterocycles. The Morgan fingerprint density at radius 3 is 2.94 bits per heavy atom. The van der Waals surface area contributed by atoms with E-state index in [1.807, 2.05) is 35.7 Å². The molecular formula is C24H18ClN3O3S. The SMILES string of the molecule is O=C(Nc1nc(-c2ccc3c(c2)CCO3)cs1)c1ccc(=O)n(Cc2ccccc2Cl)c1. The predicted molar refractivity (Wildman–Crippen MR) is 126 cm³/mol. The number of carbonyl (C=O) groups is 1. The molecule has 0 fully saturated rings. The summed E-state index contributed by atoms with van der Waals surface area (Å²) in [6.45, 7) is 0.985. The Balaban J connectivity index is 1.33. The summed E-state index contributed by atoms with van der Waals surface area (Å²) in [5.74, 6) is 0.589. The van der Waals surface area contributed by atoms with Gasteiger partial charge in [-0.15, -0.1) is 11.3 Å². The van der Waals surface area contributed by atoms with Gasteiger partial charge in [-0.2, -0.15) is 0 Å². The third-order valence-corrected chi connectivity index (χ3v) is 6.38. The second-order valence-corrected chi connectivity index (χ2v) is 8.65. The van der Waals surface area contributed by atoms with Crippen molar-refractivity contribution in [3.8, 4) is 17.0 Å². The second kappa shape index (κ2) is 8.61. The second-order valence-electron chi connectivity index (χ2n) is 7.39. The number of benzene rings is 2. The zero-order chi connectivity index (χ0) is 22.1. The van der Waals surface area contributed by atoms with Crippen LogP contribution in [0.25, 0.3) is 11.3 Å². The monoisotopic (exact) mass is 463 g/mol. The first-order valence-electron chi connectivity index (χ1n) is 10.0. The van der Waals surface area contributed by atoms with Crippen LogP contribution in [0.2, 0.25) is 5.02 Å². The van der Waals surface area contributed by atoms with E-state index in [9.17, 15) is 9.59 Å². The van der Waals surface area contributed by atoms with E-state index >= 15 is 0 Å². The fourth-order valence-corrected chi connectivity index (χ4v) is 4.49. The lowest BCUT2D eigenvalue weighted by Crippen LogP contribution is -2.22. The van der Waals surface area contributed by atoms with Crippen molar-refractivity contribution in [3.05, 3.63) is 98.2 Å². The van der Waals surface area contributed by atoms with Gasteiger partial charge in [0.2, 0.25) is 0 Å². The van der Waals surface area contributed by atoms with Crippen LogP contribution in [0.1, 0.15) is 21.5 Å². The molecule has 160 valence electrons. The molecule has 0 aliphatic carbocycles. The molecule has 8 heteroatoms. The molecule has 1 aliphatic rings. The number of fused-ring (bicyclic) bond motifs is 1. The highest BCUT2D eigenvalue weighted by atomic mass is 35.5. The van der Waals surface area contributed by atoms with Crippen LogP contribution in [0.4, 0.5) is 5.13 Å². The normalized spacial score (nSPS) is 12.3. The van der Waals surface area contributed by atoms with Crippen molar-refractivity contribution in [3.63, 3.8) is 0 Å². The molecule has 6 nitrogen and oxygen atoms in total. The van der Waals surface area contributed by atoms with Crippen LogP contribution >= 0.6 is 22.9 Å². The fraction of sp³-hybridized carbons (Fsp3) is 0.125. The van der Waals surface area contributed by atoms with E-state index in [4.69, 9.17) is 16.3 Å². The number of amides is 1. The van der Waals surface area contributed by atoms with E-state index in [1.54, 1.807) is 6.07 Å². The minimum absolute atomic E-state index is 0.210. The van der Waals surface area contributed by atoms with Gasteiger partial charge in [0.05, 0.1) is 24.4 Å². The van der Waals surface area contributed by atoms with E-state index in [0.717, 1.165) is 29.0 Å². The van der Waals surface area contributed by atoms with E-state index < -0.39 is 0 Å². The predicted octanol–water partition coefficient (Wildman–Crippen LogP) is 4.86. The Kier molecular flexibility index (Phi) is 5.51. The molecule has 0 unspecified atom stereocenters. The van der Waals surface area contributed by atoms with E-state index in [0.29, 0.717) is 22.3 Å². The molecular weight excluding hydrogens is 446 g/mol. The number of aromatic nitrogens is 2. The van der Waals surface area contributed by atoms with Crippen LogP contribution in [0.3, 0.4) is 0 Å². The lowest BCUT2D eigenvalue weighted by Gasteiger charge is -2.09. The lowest BCUT2D eigenvalue weighted by atomic mass is 10.1. The van der Waals surface area contributed by atoms with Gasteiger partial charge in [0.15, 0.2) is 5.13 Å². The number of ether oxygens (including phenoxy) is 1. The van der Waals surface area contributed by atoms with Gasteiger partial charge in [-0.3, -0.25) is 14.9 Å². The maximum atomic E-state index is 12.8. The zero-order valence-corrected chi connectivity index (χ0v) is 18.4. The van der Waals surface area contributed by atoms with Crippen LogP contribution < -0.4 is 15.6 Å². The highest BCUT2D eigenvalue weighted by Gasteiger charge is 2.15. The summed E-state index contributed by atoms with van der Waals surface area (Å²) in [6, 6.07) is 16.2. The molecule has 0 spiro atoms. The molecule has 2 aromatic carbocycles. The van der Waals surface area contributed by atoms with Gasteiger partial charge in [0.1, 0.15) is 5.75 Å². The van der Waals surface area contributed by atoms with Crippen molar-refractivity contribution < 1.29 is 9.53 Å². The number of nitrogens with one attached hydrogen (secondary N) is 1. The van der Waals surface area contributed by atoms with Crippen molar-refractivity contribution in [2.45, 2.75) is 13.0 Å². The number of carbonyl (C=O) groups excluding carboxylic acids is 1. The van der Waals surface area contributed by atoms with Gasteiger partial charge in [0, 0.05) is 34.7 Å². The Morgan fingerprint density at radius 2 is 2.06 bits per heavy atom. The number of nitrogens with zero attached hydrogens (tertiary/aromatic N) is 2. The number of anilines is 1. The fourth-order valence-electron chi connectivity index (χ4n) is 3.58. The topological polar surface area (TPSA) is 73.2 Å². The van der Waals surface area contributed by atoms with Crippen molar-refractivity contribution in [2.24, 2.45) is 0 Å². The lowest BCUT2D eigenvalue weighted by molar-refractivity contribution is 0.102. The summed E-state index contributed by atoms with van der Waals surface area (Å²) in [5, 5.41) is 5.80. The van der Waals surface area contributed by atoms with Crippen molar-refractivity contribution >= 4 is 34.0 Å². The number of halogens is 1. The van der Waals surface area contributed by atoms with Crippen molar-refractivity contribution in [2.75, 3.05) is 11.9 Å². The van der Waals surface area contributed by atoms with Crippen LogP contribution in [-0.4, -0.2) is 22.1 Å². The van der Waals surface area contributed by atoms with Gasteiger partial charge in [-0.05, 0) is 41.5 Å². The maximum absolute atomic E-state index is 12.8. The first-order chi connectivity index (χ1) is 15.6. The Bertz CT molecular complexity index is 1380. The smallest absolute Gasteiger partial charge is 0.258 e. The summed E-state index contributed by atoms with van der Waals surface area (Å²) in [4.78, 5) is 29.6. The Hall–Kier alpha value is -3.42. The molecule has 0 bridgehead atoms. The molecule has 2 aromatic heterocycles. The number of pyridine rings is 1. The molecule has 0 saturated carbocycles. The van der Waals surface area contributed by atoms with Gasteiger partial charge in [-0.1, -0.05) is 29.8 Å². The number of hydrogen-bond acceptors (Lipinski definition) is 5. The Labute approximate surface area is 193 Å². The summed E-state index contributed by atoms with van der Waals surface area (Å²) in [6.07, 6.45) is 2.43. The first kappa shape index (κ1) is 20.5. The number of hydrogen-bond donors (Lipinski definition) is 1. The van der Waals surface area contributed by atoms with Crippen LogP contribution in [-0.2, 0) is 13.0 Å². The molecule has 0 saturated heterocycles. The Morgan fingerprint density at radius 1 is 1.19 bits per heavy atom. The molecule has 0 atom stereocenters. The van der Waals surface area contributed by atoms with Crippen molar-refractivity contribution in [1.82, 2.24) is 9.55 Å². The van der Waals surface area contributed by atoms with E-state index in [2.05, 4.69) is 16.4 Å². The number of thiazole rings is 1. The third kappa shape index (κ3) is 4.17. The quantitative estimate of drug-likeness (QED) is 0.458. The molecule has 32 heavy (non-hydrogen) atoms. The molecule has 0 radical (unpaired) electrons. The minimum atomic E-state index is -0.332. The first-order valence-corrected chi connectivity index (χ1v) is 11.3. The van der Waals surface area contributed by atoms with E-state index in [1.165, 1.54) is 39.8 Å². The summed E-state index contributed by atoms with van der Waals surface area (Å²) < 4.78 is 7.02. The summed E-state index contributed by atoms with van der Waals surface area (Å²) in [7, 11) is 0. The highest BCUT2D eigenvalue weighted by molar-refractivity contribution is 7.14. The summed E-state index contributed by atoms with van der Waals surface area (Å²) in [5.41, 5.74) is 3.91. The van der Waals surface area contributed by atoms with E-state index in [-0.39, 0.29) is 18.0 Å². The molecule has 4 aromatic rings. The molecule has 1 N–H and O–H groups in total. The summed E-state index contributed by atoms with van der Waals surface area (Å²) >= 11 is 7.56.